The van der Waals surface area contributed by atoms with Gasteiger partial charge in [0, 0.05) is 26.2 Å². The predicted molar refractivity (Wildman–Crippen MR) is 183 cm³/mol. The Balaban J connectivity index is 6.04. The first-order valence-corrected chi connectivity index (χ1v) is 16.8. The molecule has 13 heteroatoms. The third-order valence-electron chi connectivity index (χ3n) is 5.87. The van der Waals surface area contributed by atoms with Gasteiger partial charge in [-0.25, -0.2) is 0 Å². The van der Waals surface area contributed by atoms with Crippen LogP contribution in [0.15, 0.2) is 0 Å². The van der Waals surface area contributed by atoms with Crippen LogP contribution in [0.2, 0.25) is 0 Å². The number of rotatable bonds is 19. The highest BCUT2D eigenvalue weighted by atomic mass is 16.6. The smallest absolute Gasteiger partial charge is 0.320 e. The van der Waals surface area contributed by atoms with E-state index in [2.05, 4.69) is 0 Å². The van der Waals surface area contributed by atoms with Gasteiger partial charge in [0.25, 0.3) is 0 Å². The first-order chi connectivity index (χ1) is 21.6. The molecule has 0 aliphatic heterocycles. The zero-order chi connectivity index (χ0) is 37.5. The highest BCUT2D eigenvalue weighted by Gasteiger charge is 2.27. The van der Waals surface area contributed by atoms with Crippen LogP contribution in [0, 0.1) is 5.92 Å². The SMILES string of the molecule is CC(C)CCOC(=O)CN(CCN(CC(=O)OC(C)(C)C)CC(=O)OC(C)(C)C)CCN(CC(=O)OC(C)(C)C)CC(=O)OC(C)(C)C. The van der Waals surface area contributed by atoms with Crippen LogP contribution in [-0.4, -0.2) is 132 Å². The normalized spacial score (nSPS) is 12.8. The number of carbonyl (C=O) groups excluding carboxylic acids is 5. The molecule has 0 rings (SSSR count). The van der Waals surface area contributed by atoms with Crippen molar-refractivity contribution in [3.63, 3.8) is 0 Å². The molecule has 280 valence electrons. The lowest BCUT2D eigenvalue weighted by molar-refractivity contribution is -0.162. The summed E-state index contributed by atoms with van der Waals surface area (Å²) < 4.78 is 27.4. The molecule has 0 N–H and O–H groups in total. The molecule has 0 spiro atoms. The monoisotopic (exact) mass is 687 g/mol. The second-order valence-corrected chi connectivity index (χ2v) is 16.4. The topological polar surface area (TPSA) is 141 Å². The van der Waals surface area contributed by atoms with Gasteiger partial charge in [0.1, 0.15) is 22.4 Å². The van der Waals surface area contributed by atoms with Crippen LogP contribution in [0.1, 0.15) is 103 Å². The fraction of sp³-hybridized carbons (Fsp3) is 0.857. The summed E-state index contributed by atoms with van der Waals surface area (Å²) in [5.74, 6) is -2.11. The van der Waals surface area contributed by atoms with Gasteiger partial charge in [0.15, 0.2) is 0 Å². The fourth-order valence-corrected chi connectivity index (χ4v) is 4.13. The molecule has 0 radical (unpaired) electrons. The maximum Gasteiger partial charge on any atom is 0.320 e. The second kappa shape index (κ2) is 20.0. The van der Waals surface area contributed by atoms with E-state index >= 15 is 0 Å². The Hall–Kier alpha value is -2.77. The molecule has 0 aromatic carbocycles. The lowest BCUT2D eigenvalue weighted by Gasteiger charge is -2.30. The van der Waals surface area contributed by atoms with Crippen LogP contribution >= 0.6 is 0 Å². The molecule has 48 heavy (non-hydrogen) atoms. The molecule has 0 aliphatic rings. The number of hydrogen-bond donors (Lipinski definition) is 0. The van der Waals surface area contributed by atoms with Gasteiger partial charge in [-0.1, -0.05) is 13.8 Å². The first-order valence-electron chi connectivity index (χ1n) is 16.8. The Bertz CT molecular complexity index is 905. The number of hydrogen-bond acceptors (Lipinski definition) is 13. The number of ether oxygens (including phenoxy) is 5. The largest absolute Gasteiger partial charge is 0.465 e. The molecule has 0 aliphatic carbocycles. The molecule has 0 heterocycles. The molecule has 0 aromatic rings. The van der Waals surface area contributed by atoms with E-state index in [0.717, 1.165) is 0 Å². The van der Waals surface area contributed by atoms with Crippen LogP contribution in [-0.2, 0) is 47.7 Å². The minimum atomic E-state index is -0.716. The molecular weight excluding hydrogens is 622 g/mol. The van der Waals surface area contributed by atoms with E-state index in [1.54, 1.807) is 97.8 Å². The van der Waals surface area contributed by atoms with Gasteiger partial charge in [-0.15, -0.1) is 0 Å². The van der Waals surface area contributed by atoms with E-state index in [4.69, 9.17) is 23.7 Å². The van der Waals surface area contributed by atoms with E-state index < -0.39 is 52.3 Å². The molecule has 0 atom stereocenters. The second-order valence-electron chi connectivity index (χ2n) is 16.4. The molecule has 0 bridgehead atoms. The van der Waals surface area contributed by atoms with Crippen molar-refractivity contribution in [3.05, 3.63) is 0 Å². The highest BCUT2D eigenvalue weighted by molar-refractivity contribution is 5.76. The van der Waals surface area contributed by atoms with Crippen LogP contribution in [0.3, 0.4) is 0 Å². The van der Waals surface area contributed by atoms with Crippen molar-refractivity contribution in [1.29, 1.82) is 0 Å². The molecular formula is C35H65N3O10. The van der Waals surface area contributed by atoms with Gasteiger partial charge in [-0.05, 0) is 95.4 Å². The zero-order valence-corrected chi connectivity index (χ0v) is 32.3. The number of nitrogens with zero attached hydrogens (tertiary/aromatic N) is 3. The van der Waals surface area contributed by atoms with Gasteiger partial charge < -0.3 is 23.7 Å². The summed E-state index contributed by atoms with van der Waals surface area (Å²) >= 11 is 0. The van der Waals surface area contributed by atoms with Crippen molar-refractivity contribution in [3.8, 4) is 0 Å². The molecule has 0 saturated carbocycles. The zero-order valence-electron chi connectivity index (χ0n) is 32.3. The van der Waals surface area contributed by atoms with Crippen molar-refractivity contribution < 1.29 is 47.7 Å². The Labute approximate surface area is 289 Å². The predicted octanol–water partition coefficient (Wildman–Crippen LogP) is 3.85. The maximum atomic E-state index is 12.9. The third-order valence-corrected chi connectivity index (χ3v) is 5.87. The lowest BCUT2D eigenvalue weighted by Crippen LogP contribution is -2.47. The third kappa shape index (κ3) is 27.2. The Morgan fingerprint density at radius 2 is 0.688 bits per heavy atom. The van der Waals surface area contributed by atoms with Gasteiger partial charge in [0.2, 0.25) is 0 Å². The fourth-order valence-electron chi connectivity index (χ4n) is 4.13. The van der Waals surface area contributed by atoms with Crippen molar-refractivity contribution in [1.82, 2.24) is 14.7 Å². The number of carbonyl (C=O) groups is 5. The van der Waals surface area contributed by atoms with E-state index in [-0.39, 0.29) is 65.5 Å². The Morgan fingerprint density at radius 3 is 0.938 bits per heavy atom. The average Bonchev–Trinajstić information content (AvgIpc) is 2.80. The number of esters is 5. The summed E-state index contributed by atoms with van der Waals surface area (Å²) in [7, 11) is 0. The van der Waals surface area contributed by atoms with E-state index in [1.807, 2.05) is 13.8 Å². The Morgan fingerprint density at radius 1 is 0.438 bits per heavy atom. The summed E-state index contributed by atoms with van der Waals surface area (Å²) in [4.78, 5) is 68.9. The van der Waals surface area contributed by atoms with Crippen molar-refractivity contribution in [2.45, 2.75) is 126 Å². The van der Waals surface area contributed by atoms with Crippen LogP contribution < -0.4 is 0 Å². The minimum absolute atomic E-state index is 0.0858. The molecule has 0 saturated heterocycles. The standard InChI is InChI=1S/C35H65N3O10/c1-26(2)15-20-44-27(39)21-36(16-18-37(22-28(40)45-32(3,4)5)23-29(41)46-33(6,7)8)17-19-38(24-30(42)47-34(9,10)11)25-31(43)48-35(12,13)14/h26H,15-25H2,1-14H3. The summed E-state index contributed by atoms with van der Waals surface area (Å²) in [6.45, 7) is 25.6. The Kier molecular flexibility index (Phi) is 18.9. The lowest BCUT2D eigenvalue weighted by atomic mass is 10.1. The molecule has 0 amide bonds. The molecule has 0 unspecified atom stereocenters. The van der Waals surface area contributed by atoms with Crippen LogP contribution in [0.5, 0.6) is 0 Å². The van der Waals surface area contributed by atoms with E-state index in [0.29, 0.717) is 12.3 Å². The van der Waals surface area contributed by atoms with Gasteiger partial charge in [0.05, 0.1) is 39.3 Å². The van der Waals surface area contributed by atoms with Gasteiger partial charge >= 0.3 is 29.8 Å². The first kappa shape index (κ1) is 45.2. The van der Waals surface area contributed by atoms with Crippen molar-refractivity contribution >= 4 is 29.8 Å². The molecule has 0 fully saturated rings. The minimum Gasteiger partial charge on any atom is -0.465 e. The summed E-state index contributed by atoms with van der Waals surface area (Å²) in [6.07, 6.45) is 0.713. The quantitative estimate of drug-likeness (QED) is 0.144. The van der Waals surface area contributed by atoms with Crippen molar-refractivity contribution in [2.75, 3.05) is 65.5 Å². The summed E-state index contributed by atoms with van der Waals surface area (Å²) in [5, 5.41) is 0. The van der Waals surface area contributed by atoms with Crippen LogP contribution in [0.25, 0.3) is 0 Å². The van der Waals surface area contributed by atoms with Crippen LogP contribution in [0.4, 0.5) is 0 Å². The van der Waals surface area contributed by atoms with E-state index in [1.165, 1.54) is 0 Å². The van der Waals surface area contributed by atoms with Crippen molar-refractivity contribution in [2.24, 2.45) is 5.92 Å². The maximum absolute atomic E-state index is 12.9. The summed E-state index contributed by atoms with van der Waals surface area (Å²) in [5.41, 5.74) is -2.86. The van der Waals surface area contributed by atoms with Gasteiger partial charge in [-0.2, -0.15) is 0 Å². The molecule has 0 aromatic heterocycles. The molecule has 13 nitrogen and oxygen atoms in total. The highest BCUT2D eigenvalue weighted by Crippen LogP contribution is 2.12. The average molecular weight is 688 g/mol. The summed E-state index contributed by atoms with van der Waals surface area (Å²) in [6, 6.07) is 0. The van der Waals surface area contributed by atoms with Gasteiger partial charge in [-0.3, -0.25) is 38.7 Å². The van der Waals surface area contributed by atoms with E-state index in [9.17, 15) is 24.0 Å².